The van der Waals surface area contributed by atoms with Crippen LogP contribution < -0.4 is 11.2 Å². The number of hydroxylamine groups is 1. The van der Waals surface area contributed by atoms with Gasteiger partial charge >= 0.3 is 0 Å². The van der Waals surface area contributed by atoms with Crippen LogP contribution in [0.2, 0.25) is 0 Å². The van der Waals surface area contributed by atoms with Crippen LogP contribution in [0.5, 0.6) is 0 Å². The van der Waals surface area contributed by atoms with E-state index < -0.39 is 11.9 Å². The fraction of sp³-hybridized carbons (Fsp3) is 0.333. The van der Waals surface area contributed by atoms with Crippen molar-refractivity contribution >= 4 is 16.9 Å². The summed E-state index contributed by atoms with van der Waals surface area (Å²) in [6, 6.07) is 7.10. The Kier molecular flexibility index (Phi) is 3.59. The number of carbonyl (C=O) groups excluding carboxylic acids is 1. The number of rotatable bonds is 4. The molecule has 1 aromatic carbocycles. The first-order valence-corrected chi connectivity index (χ1v) is 5.73. The minimum Gasteiger partial charge on any atom is -0.331 e. The Hall–Kier alpha value is -1.92. The summed E-state index contributed by atoms with van der Waals surface area (Å²) in [6.07, 6.45) is 1.02. The molecule has 0 aliphatic rings. The van der Waals surface area contributed by atoms with Crippen LogP contribution in [0.3, 0.4) is 0 Å². The van der Waals surface area contributed by atoms with Gasteiger partial charge in [-0.3, -0.25) is 10.0 Å². The maximum absolute atomic E-state index is 11.1. The standard InChI is InChI=1S/C12H16N4O2/c1-16-10-5-3-2-4-9(10)14-11(16)7-6-8(13)12(17)15-18/h2-5,8,18H,6-7,13H2,1H3,(H,15,17)/t8-/m0/s1. The molecule has 0 aliphatic carbocycles. The first-order chi connectivity index (χ1) is 8.63. The number of benzene rings is 1. The van der Waals surface area contributed by atoms with Crippen molar-refractivity contribution in [2.75, 3.05) is 0 Å². The first-order valence-electron chi connectivity index (χ1n) is 5.73. The average molecular weight is 248 g/mol. The van der Waals surface area contributed by atoms with Crippen LogP contribution in [-0.2, 0) is 18.3 Å². The molecule has 0 fully saturated rings. The number of nitrogens with one attached hydrogen (secondary N) is 1. The molecule has 0 saturated carbocycles. The SMILES string of the molecule is Cn1c(CC[C@H](N)C(=O)NO)nc2ccccc21. The number of fused-ring (bicyclic) bond motifs is 1. The van der Waals surface area contributed by atoms with Gasteiger partial charge in [0.05, 0.1) is 17.1 Å². The van der Waals surface area contributed by atoms with Crippen molar-refractivity contribution in [1.82, 2.24) is 15.0 Å². The highest BCUT2D eigenvalue weighted by atomic mass is 16.5. The van der Waals surface area contributed by atoms with E-state index in [2.05, 4.69) is 4.98 Å². The van der Waals surface area contributed by atoms with Crippen LogP contribution in [0.1, 0.15) is 12.2 Å². The molecule has 2 rings (SSSR count). The lowest BCUT2D eigenvalue weighted by atomic mass is 10.1. The molecule has 0 aliphatic heterocycles. The number of aromatic nitrogens is 2. The van der Waals surface area contributed by atoms with E-state index in [4.69, 9.17) is 10.9 Å². The molecule has 96 valence electrons. The summed E-state index contributed by atoms with van der Waals surface area (Å²) in [4.78, 5) is 15.6. The number of carbonyl (C=O) groups is 1. The molecule has 0 saturated heterocycles. The Labute approximate surface area is 104 Å². The highest BCUT2D eigenvalue weighted by Crippen LogP contribution is 2.15. The lowest BCUT2D eigenvalue weighted by Gasteiger charge is -2.08. The van der Waals surface area contributed by atoms with Crippen LogP contribution >= 0.6 is 0 Å². The van der Waals surface area contributed by atoms with Gasteiger partial charge in [0.15, 0.2) is 0 Å². The highest BCUT2D eigenvalue weighted by Gasteiger charge is 2.14. The first kappa shape index (κ1) is 12.5. The van der Waals surface area contributed by atoms with Gasteiger partial charge in [0.2, 0.25) is 0 Å². The number of aryl methyl sites for hydroxylation is 2. The molecule has 0 spiro atoms. The molecular weight excluding hydrogens is 232 g/mol. The maximum atomic E-state index is 11.1. The van der Waals surface area contributed by atoms with Crippen LogP contribution in [0.4, 0.5) is 0 Å². The normalized spacial score (nSPS) is 12.6. The van der Waals surface area contributed by atoms with Crippen molar-refractivity contribution in [3.63, 3.8) is 0 Å². The van der Waals surface area contributed by atoms with Crippen molar-refractivity contribution < 1.29 is 10.0 Å². The van der Waals surface area contributed by atoms with Gasteiger partial charge in [0, 0.05) is 13.5 Å². The predicted molar refractivity (Wildman–Crippen MR) is 66.9 cm³/mol. The summed E-state index contributed by atoms with van der Waals surface area (Å²) in [5.74, 6) is 0.297. The van der Waals surface area contributed by atoms with Crippen molar-refractivity contribution in [2.45, 2.75) is 18.9 Å². The van der Waals surface area contributed by atoms with Crippen molar-refractivity contribution in [3.05, 3.63) is 30.1 Å². The second-order valence-electron chi connectivity index (χ2n) is 4.20. The minimum absolute atomic E-state index is 0.434. The molecule has 1 atom stereocenters. The summed E-state index contributed by atoms with van der Waals surface area (Å²) in [5, 5.41) is 8.47. The third-order valence-electron chi connectivity index (χ3n) is 3.01. The van der Waals surface area contributed by atoms with E-state index in [0.29, 0.717) is 12.8 Å². The Morgan fingerprint density at radius 2 is 2.28 bits per heavy atom. The molecule has 6 heteroatoms. The molecule has 0 unspecified atom stereocenters. The largest absolute Gasteiger partial charge is 0.331 e. The number of nitrogens with zero attached hydrogens (tertiary/aromatic N) is 2. The molecule has 1 amide bonds. The number of hydrogen-bond acceptors (Lipinski definition) is 4. The van der Waals surface area contributed by atoms with E-state index >= 15 is 0 Å². The Balaban J connectivity index is 2.13. The summed E-state index contributed by atoms with van der Waals surface area (Å²) in [7, 11) is 1.93. The number of para-hydroxylation sites is 2. The maximum Gasteiger partial charge on any atom is 0.260 e. The average Bonchev–Trinajstić information content (AvgIpc) is 2.72. The zero-order valence-electron chi connectivity index (χ0n) is 10.1. The number of hydrogen-bond donors (Lipinski definition) is 3. The fourth-order valence-corrected chi connectivity index (χ4v) is 1.92. The van der Waals surface area contributed by atoms with Crippen molar-refractivity contribution in [3.8, 4) is 0 Å². The van der Waals surface area contributed by atoms with Gasteiger partial charge in [0.1, 0.15) is 5.82 Å². The molecule has 0 bridgehead atoms. The molecule has 1 heterocycles. The smallest absolute Gasteiger partial charge is 0.260 e. The monoisotopic (exact) mass is 248 g/mol. The van der Waals surface area contributed by atoms with Gasteiger partial charge < -0.3 is 10.3 Å². The summed E-state index contributed by atoms with van der Waals surface area (Å²) in [6.45, 7) is 0. The molecule has 18 heavy (non-hydrogen) atoms. The number of nitrogens with two attached hydrogens (primary N) is 1. The van der Waals surface area contributed by atoms with Gasteiger partial charge in [-0.25, -0.2) is 10.5 Å². The van der Waals surface area contributed by atoms with Gasteiger partial charge in [-0.2, -0.15) is 0 Å². The Morgan fingerprint density at radius 3 is 2.94 bits per heavy atom. The molecule has 6 nitrogen and oxygen atoms in total. The van der Waals surface area contributed by atoms with Crippen LogP contribution in [0.15, 0.2) is 24.3 Å². The zero-order valence-corrected chi connectivity index (χ0v) is 10.1. The third-order valence-corrected chi connectivity index (χ3v) is 3.01. The van der Waals surface area contributed by atoms with E-state index in [-0.39, 0.29) is 0 Å². The quantitative estimate of drug-likeness (QED) is 0.537. The summed E-state index contributed by atoms with van der Waals surface area (Å²) < 4.78 is 1.99. The topological polar surface area (TPSA) is 93.2 Å². The highest BCUT2D eigenvalue weighted by molar-refractivity contribution is 5.80. The molecule has 2 aromatic rings. The van der Waals surface area contributed by atoms with Gasteiger partial charge in [0.25, 0.3) is 5.91 Å². The molecule has 4 N–H and O–H groups in total. The second kappa shape index (κ2) is 5.16. The minimum atomic E-state index is -0.727. The van der Waals surface area contributed by atoms with Gasteiger partial charge in [-0.1, -0.05) is 12.1 Å². The van der Waals surface area contributed by atoms with E-state index in [1.807, 2.05) is 35.9 Å². The molecule has 0 radical (unpaired) electrons. The summed E-state index contributed by atoms with van der Waals surface area (Å²) >= 11 is 0. The predicted octanol–water partition coefficient (Wildman–Crippen LogP) is 0.339. The van der Waals surface area contributed by atoms with Gasteiger partial charge in [-0.15, -0.1) is 0 Å². The van der Waals surface area contributed by atoms with E-state index in [1.165, 1.54) is 0 Å². The second-order valence-corrected chi connectivity index (χ2v) is 4.20. The third kappa shape index (κ3) is 2.34. The van der Waals surface area contributed by atoms with Crippen LogP contribution in [-0.4, -0.2) is 26.7 Å². The fourth-order valence-electron chi connectivity index (χ4n) is 1.92. The molecule has 1 aromatic heterocycles. The van der Waals surface area contributed by atoms with Crippen molar-refractivity contribution in [1.29, 1.82) is 0 Å². The van der Waals surface area contributed by atoms with E-state index in [0.717, 1.165) is 16.9 Å². The zero-order chi connectivity index (χ0) is 13.1. The van der Waals surface area contributed by atoms with Crippen LogP contribution in [0.25, 0.3) is 11.0 Å². The summed E-state index contributed by atoms with van der Waals surface area (Å²) in [5.41, 5.74) is 9.14. The van der Waals surface area contributed by atoms with Crippen LogP contribution in [0, 0.1) is 0 Å². The number of amides is 1. The molecular formula is C12H16N4O2. The van der Waals surface area contributed by atoms with Crippen molar-refractivity contribution in [2.24, 2.45) is 12.8 Å². The Bertz CT molecular complexity index is 564. The van der Waals surface area contributed by atoms with E-state index in [1.54, 1.807) is 5.48 Å². The Morgan fingerprint density at radius 1 is 1.56 bits per heavy atom. The van der Waals surface area contributed by atoms with E-state index in [9.17, 15) is 4.79 Å². The lowest BCUT2D eigenvalue weighted by Crippen LogP contribution is -2.39. The number of imidazole rings is 1. The van der Waals surface area contributed by atoms with Gasteiger partial charge in [-0.05, 0) is 18.6 Å². The lowest BCUT2D eigenvalue weighted by molar-refractivity contribution is -0.130.